The number of hydrogen-bond donors (Lipinski definition) is 0. The Labute approximate surface area is 99.2 Å². The normalized spacial score (nSPS) is 37.8. The molecule has 1 heterocycles. The predicted octanol–water partition coefficient (Wildman–Crippen LogP) is 1.50. The standard InChI is InChI=1S/C11H15ClO4/c1-2-15-10(13)8-6-4-3-5-7(12)9(6)16-11(8)14/h6-9H,2-5H2,1H3. The van der Waals surface area contributed by atoms with Gasteiger partial charge in [0.2, 0.25) is 0 Å². The number of halogens is 1. The van der Waals surface area contributed by atoms with Gasteiger partial charge in [0.05, 0.1) is 12.0 Å². The van der Waals surface area contributed by atoms with Gasteiger partial charge in [0.15, 0.2) is 5.92 Å². The quantitative estimate of drug-likeness (QED) is 0.421. The SMILES string of the molecule is CCOC(=O)C1C(=O)OC2C(Cl)CCCC12. The van der Waals surface area contributed by atoms with Crippen LogP contribution in [-0.2, 0) is 19.1 Å². The van der Waals surface area contributed by atoms with Crippen LogP contribution in [0.2, 0.25) is 0 Å². The zero-order valence-electron chi connectivity index (χ0n) is 9.15. The zero-order valence-corrected chi connectivity index (χ0v) is 9.90. The number of carbonyl (C=O) groups is 2. The monoisotopic (exact) mass is 246 g/mol. The highest BCUT2D eigenvalue weighted by atomic mass is 35.5. The summed E-state index contributed by atoms with van der Waals surface area (Å²) in [6.45, 7) is 2.01. The maximum atomic E-state index is 11.7. The van der Waals surface area contributed by atoms with Crippen LogP contribution in [-0.4, -0.2) is 30.0 Å². The first-order chi connectivity index (χ1) is 7.65. The molecule has 1 saturated heterocycles. The van der Waals surface area contributed by atoms with Crippen LogP contribution < -0.4 is 0 Å². The molecule has 0 bridgehead atoms. The van der Waals surface area contributed by atoms with Crippen LogP contribution in [0.5, 0.6) is 0 Å². The van der Waals surface area contributed by atoms with Crippen molar-refractivity contribution in [3.63, 3.8) is 0 Å². The third kappa shape index (κ3) is 1.90. The Kier molecular flexibility index (Phi) is 3.38. The van der Waals surface area contributed by atoms with E-state index < -0.39 is 17.9 Å². The van der Waals surface area contributed by atoms with Crippen molar-refractivity contribution in [1.82, 2.24) is 0 Å². The largest absolute Gasteiger partial charge is 0.465 e. The zero-order chi connectivity index (χ0) is 11.7. The van der Waals surface area contributed by atoms with E-state index in [1.807, 2.05) is 0 Å². The molecule has 1 aliphatic heterocycles. The fourth-order valence-corrected chi connectivity index (χ4v) is 2.94. The van der Waals surface area contributed by atoms with Crippen molar-refractivity contribution >= 4 is 23.5 Å². The summed E-state index contributed by atoms with van der Waals surface area (Å²) in [5.74, 6) is -1.79. The van der Waals surface area contributed by atoms with Gasteiger partial charge in [-0.1, -0.05) is 6.42 Å². The highest BCUT2D eigenvalue weighted by molar-refractivity contribution is 6.21. The Morgan fingerprint density at radius 2 is 2.31 bits per heavy atom. The highest BCUT2D eigenvalue weighted by Crippen LogP contribution is 2.41. The lowest BCUT2D eigenvalue weighted by Gasteiger charge is -2.28. The summed E-state index contributed by atoms with van der Waals surface area (Å²) in [5.41, 5.74) is 0. The first kappa shape index (κ1) is 11.7. The summed E-state index contributed by atoms with van der Waals surface area (Å²) in [6, 6.07) is 0. The maximum Gasteiger partial charge on any atom is 0.321 e. The van der Waals surface area contributed by atoms with Crippen LogP contribution >= 0.6 is 11.6 Å². The first-order valence-corrected chi connectivity index (χ1v) is 6.10. The van der Waals surface area contributed by atoms with E-state index in [0.717, 1.165) is 19.3 Å². The van der Waals surface area contributed by atoms with E-state index in [0.29, 0.717) is 0 Å². The van der Waals surface area contributed by atoms with E-state index in [1.54, 1.807) is 6.92 Å². The van der Waals surface area contributed by atoms with Gasteiger partial charge in [0.1, 0.15) is 6.10 Å². The lowest BCUT2D eigenvalue weighted by Crippen LogP contribution is -2.36. The number of carbonyl (C=O) groups excluding carboxylic acids is 2. The summed E-state index contributed by atoms with van der Waals surface area (Å²) in [5, 5.41) is -0.165. The molecule has 4 unspecified atom stereocenters. The van der Waals surface area contributed by atoms with Crippen molar-refractivity contribution < 1.29 is 19.1 Å². The molecule has 1 saturated carbocycles. The van der Waals surface area contributed by atoms with Crippen LogP contribution in [0.15, 0.2) is 0 Å². The molecule has 4 nitrogen and oxygen atoms in total. The fourth-order valence-electron chi connectivity index (χ4n) is 2.55. The van der Waals surface area contributed by atoms with Gasteiger partial charge in [-0.15, -0.1) is 11.6 Å². The molecule has 2 rings (SSSR count). The molecule has 0 aromatic rings. The number of esters is 2. The van der Waals surface area contributed by atoms with Crippen molar-refractivity contribution in [2.24, 2.45) is 11.8 Å². The lowest BCUT2D eigenvalue weighted by molar-refractivity contribution is -0.156. The second-order valence-electron chi connectivity index (χ2n) is 4.24. The van der Waals surface area contributed by atoms with E-state index in [9.17, 15) is 9.59 Å². The third-order valence-electron chi connectivity index (χ3n) is 3.27. The second-order valence-corrected chi connectivity index (χ2v) is 4.80. The van der Waals surface area contributed by atoms with Gasteiger partial charge >= 0.3 is 11.9 Å². The van der Waals surface area contributed by atoms with Gasteiger partial charge in [-0.2, -0.15) is 0 Å². The van der Waals surface area contributed by atoms with Crippen molar-refractivity contribution in [2.75, 3.05) is 6.61 Å². The molecule has 0 radical (unpaired) electrons. The summed E-state index contributed by atoms with van der Waals surface area (Å²) in [7, 11) is 0. The summed E-state index contributed by atoms with van der Waals surface area (Å²) >= 11 is 6.10. The molecule has 2 fully saturated rings. The average molecular weight is 247 g/mol. The van der Waals surface area contributed by atoms with E-state index in [2.05, 4.69) is 0 Å². The minimum Gasteiger partial charge on any atom is -0.465 e. The Balaban J connectivity index is 2.13. The van der Waals surface area contributed by atoms with Crippen LogP contribution in [0.25, 0.3) is 0 Å². The summed E-state index contributed by atoms with van der Waals surface area (Å²) in [4.78, 5) is 23.3. The molecular formula is C11H15ClO4. The molecule has 4 atom stereocenters. The number of hydrogen-bond acceptors (Lipinski definition) is 4. The highest BCUT2D eigenvalue weighted by Gasteiger charge is 2.52. The maximum absolute atomic E-state index is 11.7. The molecule has 0 N–H and O–H groups in total. The summed E-state index contributed by atoms with van der Waals surface area (Å²) in [6.07, 6.45) is 2.27. The number of alkyl halides is 1. The van der Waals surface area contributed by atoms with Gasteiger partial charge in [0, 0.05) is 5.92 Å². The number of ether oxygens (including phenoxy) is 2. The van der Waals surface area contributed by atoms with Crippen LogP contribution in [0.1, 0.15) is 26.2 Å². The van der Waals surface area contributed by atoms with Gasteiger partial charge in [-0.3, -0.25) is 9.59 Å². The molecule has 5 heteroatoms. The van der Waals surface area contributed by atoms with Crippen molar-refractivity contribution in [3.8, 4) is 0 Å². The molecule has 0 aromatic carbocycles. The van der Waals surface area contributed by atoms with E-state index >= 15 is 0 Å². The minimum atomic E-state index is -0.758. The van der Waals surface area contributed by atoms with Gasteiger partial charge in [0.25, 0.3) is 0 Å². The Hall–Kier alpha value is -0.770. The predicted molar refractivity (Wildman–Crippen MR) is 57.0 cm³/mol. The fraction of sp³-hybridized carbons (Fsp3) is 0.818. The Morgan fingerprint density at radius 1 is 1.56 bits per heavy atom. The first-order valence-electron chi connectivity index (χ1n) is 5.66. The van der Waals surface area contributed by atoms with Crippen LogP contribution in [0, 0.1) is 11.8 Å². The van der Waals surface area contributed by atoms with Crippen molar-refractivity contribution in [2.45, 2.75) is 37.7 Å². The van der Waals surface area contributed by atoms with Crippen LogP contribution in [0.3, 0.4) is 0 Å². The smallest absolute Gasteiger partial charge is 0.321 e. The van der Waals surface area contributed by atoms with Gasteiger partial charge < -0.3 is 9.47 Å². The van der Waals surface area contributed by atoms with Crippen molar-refractivity contribution in [1.29, 1.82) is 0 Å². The molecule has 0 spiro atoms. The van der Waals surface area contributed by atoms with Gasteiger partial charge in [-0.05, 0) is 19.8 Å². The molecule has 16 heavy (non-hydrogen) atoms. The molecule has 0 aromatic heterocycles. The Bertz CT molecular complexity index is 304. The molecule has 2 aliphatic rings. The van der Waals surface area contributed by atoms with E-state index in [-0.39, 0.29) is 24.0 Å². The number of fused-ring (bicyclic) bond motifs is 1. The molecule has 0 amide bonds. The average Bonchev–Trinajstić information content (AvgIpc) is 2.56. The topological polar surface area (TPSA) is 52.6 Å². The second kappa shape index (κ2) is 4.62. The number of rotatable bonds is 2. The third-order valence-corrected chi connectivity index (χ3v) is 3.74. The molecule has 90 valence electrons. The minimum absolute atomic E-state index is 0.0946. The van der Waals surface area contributed by atoms with E-state index in [1.165, 1.54) is 0 Å². The van der Waals surface area contributed by atoms with Crippen molar-refractivity contribution in [3.05, 3.63) is 0 Å². The lowest BCUT2D eigenvalue weighted by atomic mass is 9.80. The Morgan fingerprint density at radius 3 is 3.00 bits per heavy atom. The molecule has 1 aliphatic carbocycles. The van der Waals surface area contributed by atoms with Gasteiger partial charge in [-0.25, -0.2) is 0 Å². The van der Waals surface area contributed by atoms with E-state index in [4.69, 9.17) is 21.1 Å². The van der Waals surface area contributed by atoms with Crippen LogP contribution in [0.4, 0.5) is 0 Å². The molecular weight excluding hydrogens is 232 g/mol. The summed E-state index contributed by atoms with van der Waals surface area (Å²) < 4.78 is 10.1.